The molecule has 138 valence electrons. The Kier molecular flexibility index (Phi) is 4.15. The van der Waals surface area contributed by atoms with Crippen LogP contribution in [0.5, 0.6) is 0 Å². The number of β-amino-alcohol motifs (C(OH)–C–C–N with tert-alkyl or cyclic N) is 1. The zero-order chi connectivity index (χ0) is 18.4. The van der Waals surface area contributed by atoms with Crippen molar-refractivity contribution in [1.29, 1.82) is 0 Å². The summed E-state index contributed by atoms with van der Waals surface area (Å²) in [4.78, 5) is 13.8. The number of anilines is 1. The van der Waals surface area contributed by atoms with E-state index >= 15 is 0 Å². The van der Waals surface area contributed by atoms with Gasteiger partial charge in [-0.2, -0.15) is 0 Å². The number of rotatable bonds is 3. The minimum absolute atomic E-state index is 0.198. The molecule has 0 unspecified atom stereocenters. The number of thiazole rings is 1. The van der Waals surface area contributed by atoms with Crippen molar-refractivity contribution in [3.63, 3.8) is 0 Å². The minimum atomic E-state index is -0.248. The van der Waals surface area contributed by atoms with Crippen LogP contribution in [0.25, 0.3) is 31.8 Å². The van der Waals surface area contributed by atoms with Crippen molar-refractivity contribution in [3.8, 4) is 0 Å². The average Bonchev–Trinajstić information content (AvgIpc) is 3.14. The van der Waals surface area contributed by atoms with Crippen LogP contribution in [0.15, 0.2) is 36.7 Å². The highest BCUT2D eigenvalue weighted by Gasteiger charge is 2.21. The van der Waals surface area contributed by atoms with Crippen molar-refractivity contribution in [2.24, 2.45) is 0 Å². The molecule has 4 aromatic rings. The fourth-order valence-corrected chi connectivity index (χ4v) is 5.04. The lowest BCUT2D eigenvalue weighted by atomic mass is 10.0. The van der Waals surface area contributed by atoms with Crippen LogP contribution in [0, 0.1) is 5.82 Å². The first-order chi connectivity index (χ1) is 13.2. The number of benzene rings is 2. The molecule has 7 heteroatoms. The van der Waals surface area contributed by atoms with Gasteiger partial charge in [0.1, 0.15) is 5.82 Å². The fraction of sp³-hybridized carbons (Fsp3) is 0.300. The molecule has 0 spiro atoms. The van der Waals surface area contributed by atoms with E-state index in [1.54, 1.807) is 23.6 Å². The van der Waals surface area contributed by atoms with E-state index in [2.05, 4.69) is 14.8 Å². The predicted molar refractivity (Wildman–Crippen MR) is 108 cm³/mol. The first-order valence-corrected chi connectivity index (χ1v) is 9.90. The Bertz CT molecular complexity index is 1140. The molecule has 0 amide bonds. The lowest BCUT2D eigenvalue weighted by Crippen LogP contribution is -2.47. The lowest BCUT2D eigenvalue weighted by molar-refractivity contribution is 0.189. The van der Waals surface area contributed by atoms with E-state index in [9.17, 15) is 4.39 Å². The lowest BCUT2D eigenvalue weighted by Gasteiger charge is -2.34. The number of aliphatic hydroxyl groups is 1. The number of aromatic nitrogens is 2. The Balaban J connectivity index is 1.65. The van der Waals surface area contributed by atoms with Crippen molar-refractivity contribution < 1.29 is 9.50 Å². The van der Waals surface area contributed by atoms with Crippen molar-refractivity contribution in [2.45, 2.75) is 0 Å². The summed E-state index contributed by atoms with van der Waals surface area (Å²) in [7, 11) is 0. The average molecular weight is 382 g/mol. The number of fused-ring (bicyclic) bond motifs is 6. The number of nitrogens with zero attached hydrogens (tertiary/aromatic N) is 4. The first kappa shape index (κ1) is 16.8. The number of hydrogen-bond donors (Lipinski definition) is 1. The van der Waals surface area contributed by atoms with E-state index in [1.165, 1.54) is 6.07 Å². The molecule has 27 heavy (non-hydrogen) atoms. The van der Waals surface area contributed by atoms with Crippen molar-refractivity contribution in [3.05, 3.63) is 42.5 Å². The predicted octanol–water partition coefficient (Wildman–Crippen LogP) is 3.25. The zero-order valence-electron chi connectivity index (χ0n) is 14.7. The van der Waals surface area contributed by atoms with Crippen LogP contribution >= 0.6 is 11.3 Å². The van der Waals surface area contributed by atoms with Crippen LogP contribution in [-0.2, 0) is 0 Å². The van der Waals surface area contributed by atoms with Crippen molar-refractivity contribution in [1.82, 2.24) is 14.9 Å². The van der Waals surface area contributed by atoms with Gasteiger partial charge >= 0.3 is 0 Å². The van der Waals surface area contributed by atoms with Gasteiger partial charge in [-0.15, -0.1) is 0 Å². The summed E-state index contributed by atoms with van der Waals surface area (Å²) in [6, 6.07) is 6.88. The quantitative estimate of drug-likeness (QED) is 0.551. The highest BCUT2D eigenvalue weighted by atomic mass is 32.1. The second-order valence-electron chi connectivity index (χ2n) is 6.84. The Morgan fingerprint density at radius 1 is 1.04 bits per heavy atom. The van der Waals surface area contributed by atoms with Crippen LogP contribution in [0.4, 0.5) is 9.52 Å². The number of piperazine rings is 1. The largest absolute Gasteiger partial charge is 0.395 e. The maximum absolute atomic E-state index is 13.9. The van der Waals surface area contributed by atoms with E-state index in [-0.39, 0.29) is 12.4 Å². The molecule has 1 aliphatic heterocycles. The van der Waals surface area contributed by atoms with E-state index < -0.39 is 0 Å². The smallest absolute Gasteiger partial charge is 0.186 e. The summed E-state index contributed by atoms with van der Waals surface area (Å²) in [5, 5.41) is 14.0. The normalized spacial score (nSPS) is 16.0. The number of hydrogen-bond acceptors (Lipinski definition) is 6. The number of aliphatic hydroxyl groups excluding tert-OH is 1. The summed E-state index contributed by atoms with van der Waals surface area (Å²) in [5.41, 5.74) is 0.932. The fourth-order valence-electron chi connectivity index (χ4n) is 3.87. The van der Waals surface area contributed by atoms with Gasteiger partial charge < -0.3 is 10.0 Å². The molecule has 0 bridgehead atoms. The molecule has 0 aliphatic carbocycles. The Labute approximate surface area is 159 Å². The summed E-state index contributed by atoms with van der Waals surface area (Å²) in [6.07, 6.45) is 3.59. The molecule has 2 aromatic heterocycles. The van der Waals surface area contributed by atoms with E-state index in [0.29, 0.717) is 0 Å². The standard InChI is InChI=1S/C20H19FN4OS/c21-13-1-2-14-16(11-13)17-12-22-4-3-15(17)19-18(14)23-20(27-19)25-7-5-24(6-8-25)9-10-26/h1-4,11-12,26H,5-10H2. The number of halogens is 1. The molecular formula is C20H19FN4OS. The van der Waals surface area contributed by atoms with Gasteiger partial charge in [-0.25, -0.2) is 9.37 Å². The van der Waals surface area contributed by atoms with Crippen LogP contribution in [-0.4, -0.2) is 59.3 Å². The van der Waals surface area contributed by atoms with Crippen LogP contribution in [0.2, 0.25) is 0 Å². The molecule has 5 rings (SSSR count). The molecule has 0 atom stereocenters. The summed E-state index contributed by atoms with van der Waals surface area (Å²) < 4.78 is 15.0. The van der Waals surface area contributed by atoms with E-state index in [0.717, 1.165) is 69.6 Å². The molecule has 3 heterocycles. The van der Waals surface area contributed by atoms with Crippen LogP contribution in [0.1, 0.15) is 0 Å². The second kappa shape index (κ2) is 6.67. The summed E-state index contributed by atoms with van der Waals surface area (Å²) in [5.74, 6) is -0.248. The van der Waals surface area contributed by atoms with E-state index in [1.807, 2.05) is 18.3 Å². The van der Waals surface area contributed by atoms with Gasteiger partial charge in [-0.05, 0) is 29.7 Å². The third-order valence-corrected chi connectivity index (χ3v) is 6.42. The number of pyridine rings is 1. The highest BCUT2D eigenvalue weighted by Crippen LogP contribution is 2.40. The molecule has 1 saturated heterocycles. The zero-order valence-corrected chi connectivity index (χ0v) is 15.5. The minimum Gasteiger partial charge on any atom is -0.395 e. The topological polar surface area (TPSA) is 52.5 Å². The maximum Gasteiger partial charge on any atom is 0.186 e. The molecule has 0 saturated carbocycles. The van der Waals surface area contributed by atoms with E-state index in [4.69, 9.17) is 10.1 Å². The molecule has 1 fully saturated rings. The molecule has 5 nitrogen and oxygen atoms in total. The highest BCUT2D eigenvalue weighted by molar-refractivity contribution is 7.23. The molecule has 0 radical (unpaired) electrons. The SMILES string of the molecule is OCCN1CCN(c2nc3c4ccc(F)cc4c4cnccc4c3s2)CC1. The molecule has 1 N–H and O–H groups in total. The monoisotopic (exact) mass is 382 g/mol. The van der Waals surface area contributed by atoms with Gasteiger partial charge in [0.25, 0.3) is 0 Å². The van der Waals surface area contributed by atoms with Gasteiger partial charge in [0.2, 0.25) is 0 Å². The van der Waals surface area contributed by atoms with Gasteiger partial charge in [-0.3, -0.25) is 9.88 Å². The van der Waals surface area contributed by atoms with Gasteiger partial charge in [0, 0.05) is 61.3 Å². The third kappa shape index (κ3) is 2.82. The first-order valence-electron chi connectivity index (χ1n) is 9.08. The van der Waals surface area contributed by atoms with Gasteiger partial charge in [-0.1, -0.05) is 11.3 Å². The van der Waals surface area contributed by atoms with Crippen LogP contribution in [0.3, 0.4) is 0 Å². The Hall–Kier alpha value is -2.35. The summed E-state index contributed by atoms with van der Waals surface area (Å²) >= 11 is 1.69. The molecule has 1 aliphatic rings. The van der Waals surface area contributed by atoms with Crippen molar-refractivity contribution in [2.75, 3.05) is 44.2 Å². The van der Waals surface area contributed by atoms with Crippen LogP contribution < -0.4 is 4.90 Å². The second-order valence-corrected chi connectivity index (χ2v) is 7.82. The third-order valence-electron chi connectivity index (χ3n) is 5.27. The van der Waals surface area contributed by atoms with Gasteiger partial charge in [0.05, 0.1) is 16.8 Å². The summed E-state index contributed by atoms with van der Waals surface area (Å²) in [6.45, 7) is 4.56. The van der Waals surface area contributed by atoms with Crippen molar-refractivity contribution >= 4 is 48.2 Å². The maximum atomic E-state index is 13.9. The molecule has 2 aromatic carbocycles. The molecular weight excluding hydrogens is 363 g/mol. The Morgan fingerprint density at radius 2 is 1.89 bits per heavy atom. The Morgan fingerprint density at radius 3 is 2.70 bits per heavy atom. The van der Waals surface area contributed by atoms with Gasteiger partial charge in [0.15, 0.2) is 5.13 Å².